The molecule has 2 rings (SSSR count). The van der Waals surface area contributed by atoms with Gasteiger partial charge in [0, 0.05) is 24.7 Å². The number of aliphatic hydroxyl groups excluding tert-OH is 1. The molecule has 0 spiro atoms. The van der Waals surface area contributed by atoms with Crippen LogP contribution in [0.4, 0.5) is 21.9 Å². The number of nitrogens with one attached hydrogen (secondary N) is 2. The number of esters is 2. The number of aliphatic hydroxyl groups is 1. The molecule has 1 unspecified atom stereocenters. The molecule has 0 radical (unpaired) electrons. The second-order valence-electron chi connectivity index (χ2n) is 12.4. The van der Waals surface area contributed by atoms with Crippen LogP contribution in [0.25, 0.3) is 0 Å². The number of anilines is 3. The predicted molar refractivity (Wildman–Crippen MR) is 172 cm³/mol. The average Bonchev–Trinajstić information content (AvgIpc) is 2.91. The van der Waals surface area contributed by atoms with Crippen LogP contribution in [0.1, 0.15) is 85.3 Å². The van der Waals surface area contributed by atoms with Crippen LogP contribution in [-0.4, -0.2) is 48.6 Å². The van der Waals surface area contributed by atoms with Gasteiger partial charge < -0.3 is 30.1 Å². The molecule has 9 heteroatoms. The maximum Gasteiger partial charge on any atom is 0.337 e. The molecule has 0 aliphatic rings. The summed E-state index contributed by atoms with van der Waals surface area (Å²) in [5, 5.41) is 15.5. The Morgan fingerprint density at radius 1 is 0.860 bits per heavy atom. The molecule has 0 aromatic heterocycles. The van der Waals surface area contributed by atoms with E-state index in [-0.39, 0.29) is 24.3 Å². The van der Waals surface area contributed by atoms with Gasteiger partial charge in [-0.1, -0.05) is 72.2 Å². The first kappa shape index (κ1) is 35.6. The number of carbonyl (C=O) groups excluding carboxylic acids is 3. The number of aryl methyl sites for hydroxylation is 1. The van der Waals surface area contributed by atoms with Crippen molar-refractivity contribution in [3.63, 3.8) is 0 Å². The molecule has 2 aromatic carbocycles. The summed E-state index contributed by atoms with van der Waals surface area (Å²) in [4.78, 5) is 40.4. The van der Waals surface area contributed by atoms with E-state index in [4.69, 9.17) is 9.47 Å². The van der Waals surface area contributed by atoms with Gasteiger partial charge in [-0.2, -0.15) is 0 Å². The highest BCUT2D eigenvalue weighted by molar-refractivity contribution is 6.02. The molecular formula is C34H51N3O6. The summed E-state index contributed by atoms with van der Waals surface area (Å²) in [5.74, 6) is -1.04. The molecule has 0 saturated heterocycles. The van der Waals surface area contributed by atoms with Crippen LogP contribution in [0, 0.1) is 24.7 Å². The van der Waals surface area contributed by atoms with Gasteiger partial charge in [0.1, 0.15) is 6.10 Å². The zero-order chi connectivity index (χ0) is 32.3. The predicted octanol–water partition coefficient (Wildman–Crippen LogP) is 7.09. The second-order valence-corrected chi connectivity index (χ2v) is 12.4. The highest BCUT2D eigenvalue weighted by Crippen LogP contribution is 2.34. The lowest BCUT2D eigenvalue weighted by molar-refractivity contribution is -0.201. The molecule has 0 saturated carbocycles. The van der Waals surface area contributed by atoms with Crippen molar-refractivity contribution >= 4 is 35.0 Å². The Morgan fingerprint density at radius 3 is 1.98 bits per heavy atom. The number of amides is 2. The fourth-order valence-corrected chi connectivity index (χ4v) is 4.64. The SMILES string of the molecule is CC[C@@H](CC(=O)OC(OC(=O)[C@H](C)O)C(C)C)c1ccc(N(CC(C)C)CC(C)C)c(NC(=O)Nc2ccc(C)cc2)c1. The molecule has 9 nitrogen and oxygen atoms in total. The number of benzene rings is 2. The summed E-state index contributed by atoms with van der Waals surface area (Å²) in [5.41, 5.74) is 4.23. The van der Waals surface area contributed by atoms with Crippen LogP contribution in [0.5, 0.6) is 0 Å². The van der Waals surface area contributed by atoms with Crippen LogP contribution < -0.4 is 15.5 Å². The normalized spacial score (nSPS) is 13.4. The first-order chi connectivity index (χ1) is 20.2. The van der Waals surface area contributed by atoms with Gasteiger partial charge in [0.25, 0.3) is 0 Å². The monoisotopic (exact) mass is 597 g/mol. The standard InChI is InChI=1S/C34H51N3O6/c1-10-26(18-31(39)42-33(23(6)7)43-32(40)25(9)38)27-13-16-30(37(19-21(2)3)20-22(4)5)29(17-27)36-34(41)35-28-14-11-24(8)12-15-28/h11-17,21-23,25-26,33,38H,10,18-20H2,1-9H3,(H2,35,36,41)/t25-,26-,33?/m0/s1. The lowest BCUT2D eigenvalue weighted by Gasteiger charge is -2.31. The molecular weight excluding hydrogens is 546 g/mol. The Labute approximate surface area is 257 Å². The van der Waals surface area contributed by atoms with Crippen LogP contribution >= 0.6 is 0 Å². The fourth-order valence-electron chi connectivity index (χ4n) is 4.64. The largest absolute Gasteiger partial charge is 0.425 e. The van der Waals surface area contributed by atoms with Crippen molar-refractivity contribution in [2.45, 2.75) is 93.5 Å². The van der Waals surface area contributed by atoms with Crippen molar-refractivity contribution in [3.8, 4) is 0 Å². The number of hydrogen-bond acceptors (Lipinski definition) is 7. The highest BCUT2D eigenvalue weighted by atomic mass is 16.7. The van der Waals surface area contributed by atoms with E-state index in [0.29, 0.717) is 29.6 Å². The van der Waals surface area contributed by atoms with E-state index in [1.54, 1.807) is 13.8 Å². The van der Waals surface area contributed by atoms with E-state index in [9.17, 15) is 19.5 Å². The summed E-state index contributed by atoms with van der Waals surface area (Å²) < 4.78 is 10.7. The van der Waals surface area contributed by atoms with Gasteiger partial charge in [-0.25, -0.2) is 9.59 Å². The van der Waals surface area contributed by atoms with E-state index >= 15 is 0 Å². The Kier molecular flexibility index (Phi) is 14.0. The third-order valence-corrected chi connectivity index (χ3v) is 6.83. The van der Waals surface area contributed by atoms with E-state index in [1.807, 2.05) is 56.3 Å². The second kappa shape index (κ2) is 16.9. The maximum atomic E-state index is 13.2. The van der Waals surface area contributed by atoms with Crippen molar-refractivity contribution in [1.82, 2.24) is 0 Å². The van der Waals surface area contributed by atoms with Crippen molar-refractivity contribution < 1.29 is 29.0 Å². The molecule has 0 aliphatic carbocycles. The van der Waals surface area contributed by atoms with Crippen molar-refractivity contribution in [2.24, 2.45) is 17.8 Å². The van der Waals surface area contributed by atoms with Crippen LogP contribution in [0.15, 0.2) is 42.5 Å². The van der Waals surface area contributed by atoms with Crippen molar-refractivity contribution in [1.29, 1.82) is 0 Å². The Hall–Kier alpha value is -3.59. The smallest absolute Gasteiger partial charge is 0.337 e. The first-order valence-corrected chi connectivity index (χ1v) is 15.3. The van der Waals surface area contributed by atoms with E-state index in [1.165, 1.54) is 6.92 Å². The third kappa shape index (κ3) is 11.9. The topological polar surface area (TPSA) is 117 Å². The minimum absolute atomic E-state index is 0.0575. The molecule has 3 atom stereocenters. The summed E-state index contributed by atoms with van der Waals surface area (Å²) >= 11 is 0. The molecule has 0 heterocycles. The van der Waals surface area contributed by atoms with Crippen LogP contribution in [0.3, 0.4) is 0 Å². The minimum Gasteiger partial charge on any atom is -0.425 e. The van der Waals surface area contributed by atoms with Crippen molar-refractivity contribution in [3.05, 3.63) is 53.6 Å². The Balaban J connectivity index is 2.37. The van der Waals surface area contributed by atoms with Gasteiger partial charge in [0.05, 0.1) is 17.8 Å². The van der Waals surface area contributed by atoms with Gasteiger partial charge in [0.15, 0.2) is 0 Å². The lowest BCUT2D eigenvalue weighted by Crippen LogP contribution is -2.33. The first-order valence-electron chi connectivity index (χ1n) is 15.3. The average molecular weight is 598 g/mol. The summed E-state index contributed by atoms with van der Waals surface area (Å²) in [6.07, 6.45) is -1.72. The van der Waals surface area contributed by atoms with Crippen LogP contribution in [0.2, 0.25) is 0 Å². The molecule has 0 aliphatic heterocycles. The number of hydrogen-bond donors (Lipinski definition) is 3. The number of nitrogens with zero attached hydrogens (tertiary/aromatic N) is 1. The lowest BCUT2D eigenvalue weighted by atomic mass is 9.92. The molecule has 238 valence electrons. The van der Waals surface area contributed by atoms with Gasteiger partial charge >= 0.3 is 18.0 Å². The summed E-state index contributed by atoms with van der Waals surface area (Å²) in [6, 6.07) is 13.2. The maximum absolute atomic E-state index is 13.2. The quantitative estimate of drug-likeness (QED) is 0.148. The molecule has 0 fully saturated rings. The van der Waals surface area contributed by atoms with E-state index < -0.39 is 24.3 Å². The van der Waals surface area contributed by atoms with E-state index in [2.05, 4.69) is 43.2 Å². The third-order valence-electron chi connectivity index (χ3n) is 6.83. The molecule has 0 bridgehead atoms. The zero-order valence-electron chi connectivity index (χ0n) is 27.3. The number of urea groups is 1. The summed E-state index contributed by atoms with van der Waals surface area (Å²) in [6.45, 7) is 19.1. The minimum atomic E-state index is -1.32. The van der Waals surface area contributed by atoms with E-state index in [0.717, 1.165) is 29.9 Å². The van der Waals surface area contributed by atoms with Gasteiger partial charge in [0.2, 0.25) is 6.29 Å². The fraction of sp³-hybridized carbons (Fsp3) is 0.559. The highest BCUT2D eigenvalue weighted by Gasteiger charge is 2.27. The number of carbonyl (C=O) groups is 3. The van der Waals surface area contributed by atoms with Crippen LogP contribution in [-0.2, 0) is 19.1 Å². The Morgan fingerprint density at radius 2 is 1.47 bits per heavy atom. The number of ether oxygens (including phenoxy) is 2. The Bertz CT molecular complexity index is 1180. The van der Waals surface area contributed by atoms with Gasteiger partial charge in [-0.05, 0) is 67.9 Å². The molecule has 43 heavy (non-hydrogen) atoms. The molecule has 2 aromatic rings. The molecule has 2 amide bonds. The molecule has 3 N–H and O–H groups in total. The van der Waals surface area contributed by atoms with Gasteiger partial charge in [-0.15, -0.1) is 0 Å². The zero-order valence-corrected chi connectivity index (χ0v) is 27.3. The summed E-state index contributed by atoms with van der Waals surface area (Å²) in [7, 11) is 0. The number of rotatable bonds is 15. The van der Waals surface area contributed by atoms with Crippen molar-refractivity contribution in [2.75, 3.05) is 28.6 Å². The van der Waals surface area contributed by atoms with Gasteiger partial charge in [-0.3, -0.25) is 4.79 Å².